The number of benzene rings is 4. The second-order valence-corrected chi connectivity index (χ2v) is 11.0. The third-order valence-corrected chi connectivity index (χ3v) is 8.07. The van der Waals surface area contributed by atoms with Crippen molar-refractivity contribution in [2.24, 2.45) is 0 Å². The van der Waals surface area contributed by atoms with E-state index in [2.05, 4.69) is 17.4 Å². The third-order valence-electron chi connectivity index (χ3n) is 6.81. The molecule has 8 nitrogen and oxygen atoms in total. The molecule has 0 fully saturated rings. The Kier molecular flexibility index (Phi) is 8.35. The third kappa shape index (κ3) is 6.41. The summed E-state index contributed by atoms with van der Waals surface area (Å²) in [5, 5.41) is 2.63. The lowest BCUT2D eigenvalue weighted by molar-refractivity contribution is -0.145. The van der Waals surface area contributed by atoms with Crippen LogP contribution in [0.25, 0.3) is 11.1 Å². The van der Waals surface area contributed by atoms with Crippen molar-refractivity contribution in [2.45, 2.75) is 30.2 Å². The van der Waals surface area contributed by atoms with Crippen molar-refractivity contribution < 1.29 is 31.7 Å². The Morgan fingerprint density at radius 2 is 1.37 bits per heavy atom. The number of hydrogen-bond acceptors (Lipinski definition) is 7. The van der Waals surface area contributed by atoms with Crippen LogP contribution in [0.4, 0.5) is 4.79 Å². The number of alkyl carbamates (subject to hydrolysis) is 1. The van der Waals surface area contributed by atoms with E-state index in [1.807, 2.05) is 36.4 Å². The van der Waals surface area contributed by atoms with Gasteiger partial charge in [-0.3, -0.25) is 0 Å². The van der Waals surface area contributed by atoms with Crippen LogP contribution in [-0.2, 0) is 30.8 Å². The zero-order valence-electron chi connectivity index (χ0n) is 22.4. The molecular weight excluding hydrogens is 542 g/mol. The smallest absolute Gasteiger partial charge is 0.407 e. The van der Waals surface area contributed by atoms with E-state index in [-0.39, 0.29) is 36.2 Å². The minimum atomic E-state index is -3.98. The molecule has 0 radical (unpaired) electrons. The average Bonchev–Trinajstić information content (AvgIpc) is 3.31. The molecule has 41 heavy (non-hydrogen) atoms. The summed E-state index contributed by atoms with van der Waals surface area (Å²) >= 11 is 0. The van der Waals surface area contributed by atoms with E-state index in [0.29, 0.717) is 5.56 Å². The average molecular weight is 572 g/mol. The molecular formula is C32H29NO7S. The highest BCUT2D eigenvalue weighted by Crippen LogP contribution is 2.44. The summed E-state index contributed by atoms with van der Waals surface area (Å²) in [6.07, 6.45) is -0.631. The lowest BCUT2D eigenvalue weighted by Crippen LogP contribution is -2.44. The quantitative estimate of drug-likeness (QED) is 0.199. The van der Waals surface area contributed by atoms with Gasteiger partial charge in [-0.05, 0) is 59.0 Å². The van der Waals surface area contributed by atoms with Crippen molar-refractivity contribution in [3.05, 3.63) is 120 Å². The van der Waals surface area contributed by atoms with Gasteiger partial charge in [-0.2, -0.15) is 8.42 Å². The molecule has 1 aliphatic carbocycles. The number of ether oxygens (including phenoxy) is 2. The van der Waals surface area contributed by atoms with E-state index in [1.165, 1.54) is 24.3 Å². The largest absolute Gasteiger partial charge is 0.464 e. The molecule has 4 aromatic carbocycles. The number of carbonyl (C=O) groups excluding carboxylic acids is 2. The first-order valence-electron chi connectivity index (χ1n) is 13.2. The predicted molar refractivity (Wildman–Crippen MR) is 153 cm³/mol. The van der Waals surface area contributed by atoms with Gasteiger partial charge in [-0.1, -0.05) is 78.9 Å². The highest BCUT2D eigenvalue weighted by atomic mass is 32.2. The van der Waals surface area contributed by atoms with Crippen LogP contribution in [-0.4, -0.2) is 39.7 Å². The van der Waals surface area contributed by atoms with Crippen LogP contribution in [0.2, 0.25) is 0 Å². The molecule has 0 aliphatic heterocycles. The van der Waals surface area contributed by atoms with Crippen LogP contribution < -0.4 is 9.50 Å². The maximum Gasteiger partial charge on any atom is 0.407 e. The molecule has 1 N–H and O–H groups in total. The van der Waals surface area contributed by atoms with Crippen LogP contribution in [0.15, 0.2) is 108 Å². The maximum absolute atomic E-state index is 12.9. The zero-order valence-corrected chi connectivity index (χ0v) is 23.2. The number of rotatable bonds is 10. The molecule has 9 heteroatoms. The molecule has 1 unspecified atom stereocenters. The van der Waals surface area contributed by atoms with Gasteiger partial charge >= 0.3 is 22.2 Å². The van der Waals surface area contributed by atoms with Crippen LogP contribution >= 0.6 is 0 Å². The number of esters is 1. The number of amides is 1. The van der Waals surface area contributed by atoms with E-state index in [9.17, 15) is 18.0 Å². The fraction of sp³-hybridized carbons (Fsp3) is 0.188. The zero-order chi connectivity index (χ0) is 28.8. The molecule has 210 valence electrons. The van der Waals surface area contributed by atoms with Crippen molar-refractivity contribution in [3.8, 4) is 16.9 Å². The van der Waals surface area contributed by atoms with E-state index in [4.69, 9.17) is 13.7 Å². The standard InChI is InChI=1S/C32H29NO7S/c1-2-38-31(34)30(20-22-16-18-23(19-17-22)40-41(36,37)24-10-4-3-5-11-24)33-32(35)39-21-29-27-14-8-6-12-25(27)26-13-7-9-15-28(26)29/h3-19,29-30H,2,20-21H2,1H3,(H,33,35). The molecule has 5 rings (SSSR count). The topological polar surface area (TPSA) is 108 Å². The lowest BCUT2D eigenvalue weighted by atomic mass is 9.98. The number of carbonyl (C=O) groups is 2. The Balaban J connectivity index is 1.23. The fourth-order valence-corrected chi connectivity index (χ4v) is 5.85. The van der Waals surface area contributed by atoms with Crippen molar-refractivity contribution in [3.63, 3.8) is 0 Å². The van der Waals surface area contributed by atoms with Gasteiger partial charge in [0, 0.05) is 12.3 Å². The Labute approximate surface area is 239 Å². The molecule has 4 aromatic rings. The minimum Gasteiger partial charge on any atom is -0.464 e. The van der Waals surface area contributed by atoms with Crippen LogP contribution in [0, 0.1) is 0 Å². The highest BCUT2D eigenvalue weighted by molar-refractivity contribution is 7.87. The first kappa shape index (κ1) is 27.9. The summed E-state index contributed by atoms with van der Waals surface area (Å²) in [6, 6.07) is 29.1. The second-order valence-electron chi connectivity index (χ2n) is 9.47. The van der Waals surface area contributed by atoms with Gasteiger partial charge in [-0.25, -0.2) is 9.59 Å². The van der Waals surface area contributed by atoms with Gasteiger partial charge in [0.15, 0.2) is 0 Å². The van der Waals surface area contributed by atoms with Crippen LogP contribution in [0.5, 0.6) is 5.75 Å². The van der Waals surface area contributed by atoms with Gasteiger partial charge in [0.1, 0.15) is 23.3 Å². The van der Waals surface area contributed by atoms with Gasteiger partial charge in [0.25, 0.3) is 0 Å². The fourth-order valence-electron chi connectivity index (χ4n) is 4.90. The molecule has 1 amide bonds. The number of hydrogen-bond donors (Lipinski definition) is 1. The number of fused-ring (bicyclic) bond motifs is 3. The summed E-state index contributed by atoms with van der Waals surface area (Å²) < 4.78 is 41.0. The Morgan fingerprint density at radius 3 is 1.98 bits per heavy atom. The van der Waals surface area contributed by atoms with Crippen molar-refractivity contribution in [1.82, 2.24) is 5.32 Å². The van der Waals surface area contributed by atoms with Crippen LogP contribution in [0.3, 0.4) is 0 Å². The molecule has 0 aromatic heterocycles. The summed E-state index contributed by atoms with van der Waals surface area (Å²) in [4.78, 5) is 25.6. The van der Waals surface area contributed by atoms with Gasteiger partial charge in [0.05, 0.1) is 6.61 Å². The van der Waals surface area contributed by atoms with Gasteiger partial charge < -0.3 is 19.0 Å². The normalized spacial score (nSPS) is 13.0. The van der Waals surface area contributed by atoms with Gasteiger partial charge in [0.2, 0.25) is 0 Å². The maximum atomic E-state index is 12.9. The molecule has 0 spiro atoms. The SMILES string of the molecule is CCOC(=O)C(Cc1ccc(OS(=O)(=O)c2ccccc2)cc1)NC(=O)OCC1c2ccccc2-c2ccccc21. The van der Waals surface area contributed by atoms with Crippen LogP contribution in [0.1, 0.15) is 29.5 Å². The summed E-state index contributed by atoms with van der Waals surface area (Å²) in [6.45, 7) is 1.94. The summed E-state index contributed by atoms with van der Waals surface area (Å²) in [5.74, 6) is -0.600. The Bertz CT molecular complexity index is 1590. The summed E-state index contributed by atoms with van der Waals surface area (Å²) in [7, 11) is -3.98. The highest BCUT2D eigenvalue weighted by Gasteiger charge is 2.30. The number of nitrogens with one attached hydrogen (secondary N) is 1. The molecule has 0 heterocycles. The van der Waals surface area contributed by atoms with Gasteiger partial charge in [-0.15, -0.1) is 0 Å². The Morgan fingerprint density at radius 1 is 0.780 bits per heavy atom. The van der Waals surface area contributed by atoms with E-state index < -0.39 is 28.2 Å². The predicted octanol–water partition coefficient (Wildman–Crippen LogP) is 5.47. The first-order valence-corrected chi connectivity index (χ1v) is 14.6. The molecule has 1 atom stereocenters. The van der Waals surface area contributed by atoms with Crippen molar-refractivity contribution in [2.75, 3.05) is 13.2 Å². The first-order chi connectivity index (χ1) is 19.9. The summed E-state index contributed by atoms with van der Waals surface area (Å²) in [5.41, 5.74) is 5.06. The van der Waals surface area contributed by atoms with E-state index >= 15 is 0 Å². The molecule has 0 saturated carbocycles. The monoisotopic (exact) mass is 571 g/mol. The van der Waals surface area contributed by atoms with E-state index in [0.717, 1.165) is 22.3 Å². The van der Waals surface area contributed by atoms with Crippen molar-refractivity contribution in [1.29, 1.82) is 0 Å². The Hall–Kier alpha value is -4.63. The second kappa shape index (κ2) is 12.3. The molecule has 0 saturated heterocycles. The molecule has 1 aliphatic rings. The van der Waals surface area contributed by atoms with Crippen molar-refractivity contribution >= 4 is 22.2 Å². The lowest BCUT2D eigenvalue weighted by Gasteiger charge is -2.19. The minimum absolute atomic E-state index is 0.0405. The van der Waals surface area contributed by atoms with E-state index in [1.54, 1.807) is 37.3 Å². The molecule has 0 bridgehead atoms.